The number of nitrogens with zero attached hydrogens (tertiary/aromatic N) is 2. The van der Waals surface area contributed by atoms with E-state index < -0.39 is 11.8 Å². The molecule has 0 aliphatic heterocycles. The van der Waals surface area contributed by atoms with Crippen molar-refractivity contribution in [3.63, 3.8) is 0 Å². The molecular weight excluding hydrogens is 288 g/mol. The highest BCUT2D eigenvalue weighted by molar-refractivity contribution is 6.00. The van der Waals surface area contributed by atoms with E-state index in [0.29, 0.717) is 28.6 Å². The molecule has 0 aromatic carbocycles. The number of hydrogen-bond donors (Lipinski definition) is 2. The summed E-state index contributed by atoms with van der Waals surface area (Å²) in [4.78, 5) is 23.9. The lowest BCUT2D eigenvalue weighted by Gasteiger charge is -2.06. The van der Waals surface area contributed by atoms with E-state index in [2.05, 4.69) is 20.9 Å². The average Bonchev–Trinajstić information content (AvgIpc) is 3.02. The number of rotatable bonds is 5. The van der Waals surface area contributed by atoms with Crippen molar-refractivity contribution in [2.24, 2.45) is 0 Å². The van der Waals surface area contributed by atoms with Crippen LogP contribution in [-0.2, 0) is 4.79 Å². The summed E-state index contributed by atoms with van der Waals surface area (Å²) in [5, 5.41) is 12.5. The Kier molecular flexibility index (Phi) is 4.59. The zero-order chi connectivity index (χ0) is 16.3. The third kappa shape index (κ3) is 3.51. The van der Waals surface area contributed by atoms with Crippen LogP contribution in [0.15, 0.2) is 15.1 Å². The van der Waals surface area contributed by atoms with E-state index in [1.165, 1.54) is 0 Å². The highest BCUT2D eigenvalue weighted by Gasteiger charge is 2.22. The molecule has 8 nitrogen and oxygen atoms in total. The average molecular weight is 306 g/mol. The fraction of sp³-hybridized carbons (Fsp3) is 0.429. The van der Waals surface area contributed by atoms with Gasteiger partial charge in [0, 0.05) is 12.0 Å². The summed E-state index contributed by atoms with van der Waals surface area (Å²) in [6.45, 7) is 7.01. The summed E-state index contributed by atoms with van der Waals surface area (Å²) >= 11 is 0. The molecule has 0 atom stereocenters. The second-order valence-corrected chi connectivity index (χ2v) is 5.22. The first-order valence-electron chi connectivity index (χ1n) is 6.86. The van der Waals surface area contributed by atoms with Crippen LogP contribution >= 0.6 is 0 Å². The maximum atomic E-state index is 12.2. The number of carbonyl (C=O) groups excluding carboxylic acids is 2. The van der Waals surface area contributed by atoms with Gasteiger partial charge in [0.2, 0.25) is 5.91 Å². The Morgan fingerprint density at radius 2 is 1.95 bits per heavy atom. The number of carbonyl (C=O) groups is 2. The van der Waals surface area contributed by atoms with Gasteiger partial charge in [-0.25, -0.2) is 0 Å². The predicted molar refractivity (Wildman–Crippen MR) is 77.5 cm³/mol. The molecule has 0 saturated heterocycles. The highest BCUT2D eigenvalue weighted by Crippen LogP contribution is 2.21. The molecule has 118 valence electrons. The number of hydrogen-bond acceptors (Lipinski definition) is 6. The lowest BCUT2D eigenvalue weighted by Crippen LogP contribution is -2.33. The number of anilines is 1. The smallest absolute Gasteiger partial charge is 0.257 e. The zero-order valence-electron chi connectivity index (χ0n) is 12.9. The van der Waals surface area contributed by atoms with Crippen molar-refractivity contribution < 1.29 is 18.6 Å². The third-order valence-electron chi connectivity index (χ3n) is 2.95. The molecule has 22 heavy (non-hydrogen) atoms. The summed E-state index contributed by atoms with van der Waals surface area (Å²) < 4.78 is 9.98. The second kappa shape index (κ2) is 6.42. The van der Waals surface area contributed by atoms with E-state index in [1.54, 1.807) is 19.9 Å². The minimum absolute atomic E-state index is 0.0221. The van der Waals surface area contributed by atoms with E-state index in [1.807, 2.05) is 13.8 Å². The van der Waals surface area contributed by atoms with Crippen LogP contribution in [0.2, 0.25) is 0 Å². The number of aryl methyl sites for hydroxylation is 2. The van der Waals surface area contributed by atoms with Crippen LogP contribution in [0.25, 0.3) is 0 Å². The lowest BCUT2D eigenvalue weighted by molar-refractivity contribution is -0.115. The normalized spacial score (nSPS) is 10.8. The van der Waals surface area contributed by atoms with Crippen LogP contribution in [0, 0.1) is 13.8 Å². The number of amides is 2. The van der Waals surface area contributed by atoms with Crippen LogP contribution in [0.4, 0.5) is 5.82 Å². The predicted octanol–water partition coefficient (Wildman–Crippen LogP) is 1.77. The Morgan fingerprint density at radius 3 is 2.55 bits per heavy atom. The monoisotopic (exact) mass is 306 g/mol. The van der Waals surface area contributed by atoms with Crippen molar-refractivity contribution in [1.82, 2.24) is 15.6 Å². The molecule has 2 rings (SSSR count). The fourth-order valence-electron chi connectivity index (χ4n) is 1.92. The van der Waals surface area contributed by atoms with E-state index >= 15 is 0 Å². The molecule has 2 heterocycles. The van der Waals surface area contributed by atoms with Crippen LogP contribution in [0.5, 0.6) is 0 Å². The Balaban J connectivity index is 1.95. The quantitative estimate of drug-likeness (QED) is 0.871. The van der Waals surface area contributed by atoms with Crippen molar-refractivity contribution in [3.8, 4) is 0 Å². The van der Waals surface area contributed by atoms with Gasteiger partial charge in [0.1, 0.15) is 11.3 Å². The van der Waals surface area contributed by atoms with E-state index in [4.69, 9.17) is 9.05 Å². The van der Waals surface area contributed by atoms with Crippen molar-refractivity contribution in [2.75, 3.05) is 11.9 Å². The molecule has 0 saturated carbocycles. The van der Waals surface area contributed by atoms with Gasteiger partial charge in [-0.15, -0.1) is 0 Å². The number of nitrogens with one attached hydrogen (secondary N) is 2. The Hall–Kier alpha value is -2.64. The summed E-state index contributed by atoms with van der Waals surface area (Å²) in [7, 11) is 0. The van der Waals surface area contributed by atoms with Crippen LogP contribution < -0.4 is 10.6 Å². The zero-order valence-corrected chi connectivity index (χ0v) is 12.9. The van der Waals surface area contributed by atoms with Gasteiger partial charge in [0.25, 0.3) is 5.91 Å². The van der Waals surface area contributed by atoms with Crippen LogP contribution in [0.1, 0.15) is 47.3 Å². The first-order valence-corrected chi connectivity index (χ1v) is 6.86. The van der Waals surface area contributed by atoms with Crippen molar-refractivity contribution in [3.05, 3.63) is 28.8 Å². The Bertz CT molecular complexity index is 687. The van der Waals surface area contributed by atoms with Gasteiger partial charge in [-0.2, -0.15) is 0 Å². The summed E-state index contributed by atoms with van der Waals surface area (Å²) in [5.41, 5.74) is 0.869. The standard InChI is InChI=1S/C14H18N4O4/c1-7(2)13-12(9(4)17-22-13)14(20)15-6-11(19)16-10-5-8(3)21-18-10/h5,7H,6H2,1-4H3,(H,15,20)(H,16,18,19). The van der Waals surface area contributed by atoms with E-state index in [0.717, 1.165) is 0 Å². The van der Waals surface area contributed by atoms with Gasteiger partial charge < -0.3 is 19.7 Å². The Morgan fingerprint density at radius 1 is 1.23 bits per heavy atom. The molecule has 0 aliphatic rings. The minimum atomic E-state index is -0.401. The maximum Gasteiger partial charge on any atom is 0.257 e. The first-order chi connectivity index (χ1) is 10.4. The largest absolute Gasteiger partial charge is 0.360 e. The maximum absolute atomic E-state index is 12.2. The fourth-order valence-corrected chi connectivity index (χ4v) is 1.92. The Labute approximate surface area is 127 Å². The van der Waals surface area contributed by atoms with Crippen molar-refractivity contribution in [2.45, 2.75) is 33.6 Å². The SMILES string of the molecule is Cc1cc(NC(=O)CNC(=O)c2c(C)noc2C(C)C)no1. The number of aromatic nitrogens is 2. The molecule has 0 radical (unpaired) electrons. The summed E-state index contributed by atoms with van der Waals surface area (Å²) in [5.74, 6) is 0.619. The van der Waals surface area contributed by atoms with Gasteiger partial charge >= 0.3 is 0 Å². The topological polar surface area (TPSA) is 110 Å². The van der Waals surface area contributed by atoms with Crippen molar-refractivity contribution in [1.29, 1.82) is 0 Å². The molecule has 2 N–H and O–H groups in total. The van der Waals surface area contributed by atoms with E-state index in [-0.39, 0.29) is 12.5 Å². The molecule has 0 unspecified atom stereocenters. The second-order valence-electron chi connectivity index (χ2n) is 5.22. The van der Waals surface area contributed by atoms with E-state index in [9.17, 15) is 9.59 Å². The van der Waals surface area contributed by atoms with Crippen LogP contribution in [0.3, 0.4) is 0 Å². The van der Waals surface area contributed by atoms with Gasteiger partial charge in [-0.05, 0) is 13.8 Å². The van der Waals surface area contributed by atoms with Gasteiger partial charge in [0.15, 0.2) is 11.6 Å². The summed E-state index contributed by atoms with van der Waals surface area (Å²) in [6.07, 6.45) is 0. The lowest BCUT2D eigenvalue weighted by atomic mass is 10.0. The molecule has 0 bridgehead atoms. The minimum Gasteiger partial charge on any atom is -0.360 e. The molecular formula is C14H18N4O4. The highest BCUT2D eigenvalue weighted by atomic mass is 16.5. The molecule has 8 heteroatoms. The van der Waals surface area contributed by atoms with Gasteiger partial charge in [-0.1, -0.05) is 24.2 Å². The van der Waals surface area contributed by atoms with Gasteiger partial charge in [0.05, 0.1) is 12.2 Å². The molecule has 0 fully saturated rings. The van der Waals surface area contributed by atoms with Gasteiger partial charge in [-0.3, -0.25) is 9.59 Å². The molecule has 2 amide bonds. The summed E-state index contributed by atoms with van der Waals surface area (Å²) in [6, 6.07) is 1.58. The van der Waals surface area contributed by atoms with Crippen molar-refractivity contribution >= 4 is 17.6 Å². The molecule has 2 aromatic rings. The first kappa shape index (κ1) is 15.7. The molecule has 0 aliphatic carbocycles. The molecule has 0 spiro atoms. The van der Waals surface area contributed by atoms with Crippen LogP contribution in [-0.4, -0.2) is 28.7 Å². The molecule has 2 aromatic heterocycles. The third-order valence-corrected chi connectivity index (χ3v) is 2.95.